The molecule has 0 spiro atoms. The Morgan fingerprint density at radius 2 is 2.36 bits per heavy atom. The molecule has 2 rings (SSSR count). The molecule has 1 saturated carbocycles. The number of aldehydes is 1. The number of ether oxygens (including phenoxy) is 1. The van der Waals surface area contributed by atoms with Crippen LogP contribution >= 0.6 is 0 Å². The van der Waals surface area contributed by atoms with E-state index in [1.165, 1.54) is 6.20 Å². The second-order valence-electron chi connectivity index (χ2n) is 3.34. The average molecular weight is 192 g/mol. The topological polar surface area (TPSA) is 65.2 Å². The summed E-state index contributed by atoms with van der Waals surface area (Å²) >= 11 is 0. The summed E-state index contributed by atoms with van der Waals surface area (Å²) in [5.41, 5.74) is 6.83. The first-order valence-corrected chi connectivity index (χ1v) is 4.64. The van der Waals surface area contributed by atoms with Gasteiger partial charge in [-0.15, -0.1) is 0 Å². The molecule has 74 valence electrons. The van der Waals surface area contributed by atoms with Gasteiger partial charge >= 0.3 is 0 Å². The first-order valence-electron chi connectivity index (χ1n) is 4.64. The quantitative estimate of drug-likeness (QED) is 0.719. The fourth-order valence-electron chi connectivity index (χ4n) is 1.27. The number of nitrogens with zero attached hydrogens (tertiary/aromatic N) is 1. The number of carbonyl (C=O) groups is 1. The molecule has 0 aliphatic heterocycles. The van der Waals surface area contributed by atoms with Gasteiger partial charge in [0.2, 0.25) is 0 Å². The lowest BCUT2D eigenvalue weighted by atomic mass is 10.1. The zero-order chi connectivity index (χ0) is 9.97. The third kappa shape index (κ3) is 1.75. The van der Waals surface area contributed by atoms with E-state index in [0.29, 0.717) is 24.0 Å². The molecule has 0 atom stereocenters. The van der Waals surface area contributed by atoms with Gasteiger partial charge in [-0.05, 0) is 12.8 Å². The van der Waals surface area contributed by atoms with E-state index in [9.17, 15) is 4.79 Å². The maximum Gasteiger partial charge on any atom is 0.152 e. The van der Waals surface area contributed by atoms with Crippen molar-refractivity contribution in [3.05, 3.63) is 23.5 Å². The minimum Gasteiger partial charge on any atom is -0.488 e. The predicted molar refractivity (Wildman–Crippen MR) is 51.2 cm³/mol. The second kappa shape index (κ2) is 3.75. The van der Waals surface area contributed by atoms with E-state index >= 15 is 0 Å². The van der Waals surface area contributed by atoms with Gasteiger partial charge < -0.3 is 10.5 Å². The van der Waals surface area contributed by atoms with Crippen LogP contribution in [0, 0.1) is 0 Å². The average Bonchev–Trinajstić information content (AvgIpc) is 3.01. The number of pyridine rings is 1. The van der Waals surface area contributed by atoms with Gasteiger partial charge in [0.05, 0.1) is 12.3 Å². The maximum absolute atomic E-state index is 10.7. The van der Waals surface area contributed by atoms with E-state index < -0.39 is 0 Å². The van der Waals surface area contributed by atoms with Gasteiger partial charge in [-0.2, -0.15) is 0 Å². The van der Waals surface area contributed by atoms with Gasteiger partial charge in [-0.3, -0.25) is 9.78 Å². The van der Waals surface area contributed by atoms with Crippen LogP contribution in [0.5, 0.6) is 5.75 Å². The molecule has 0 bridgehead atoms. The number of hydrogen-bond donors (Lipinski definition) is 1. The molecule has 1 fully saturated rings. The fraction of sp³-hybridized carbons (Fsp3) is 0.400. The van der Waals surface area contributed by atoms with Gasteiger partial charge in [0.15, 0.2) is 6.29 Å². The van der Waals surface area contributed by atoms with Crippen LogP contribution in [0.3, 0.4) is 0 Å². The van der Waals surface area contributed by atoms with Crippen LogP contribution in [0.4, 0.5) is 0 Å². The molecular formula is C10H12N2O2. The monoisotopic (exact) mass is 192 g/mol. The summed E-state index contributed by atoms with van der Waals surface area (Å²) in [6.45, 7) is 0.304. The Hall–Kier alpha value is -1.42. The standard InChI is InChI=1S/C10H12N2O2/c11-3-9-7(6-13)4-12-5-10(9)14-8-1-2-8/h4-6,8H,1-3,11H2. The van der Waals surface area contributed by atoms with Gasteiger partial charge in [0.1, 0.15) is 5.75 Å². The lowest BCUT2D eigenvalue weighted by molar-refractivity contribution is 0.112. The fourth-order valence-corrected chi connectivity index (χ4v) is 1.27. The number of hydrogen-bond acceptors (Lipinski definition) is 4. The molecule has 4 nitrogen and oxygen atoms in total. The smallest absolute Gasteiger partial charge is 0.152 e. The van der Waals surface area contributed by atoms with E-state index in [1.807, 2.05) is 0 Å². The maximum atomic E-state index is 10.7. The third-order valence-electron chi connectivity index (χ3n) is 2.20. The van der Waals surface area contributed by atoms with Crippen molar-refractivity contribution in [3.63, 3.8) is 0 Å². The molecule has 0 aromatic carbocycles. The first kappa shape index (κ1) is 9.15. The highest BCUT2D eigenvalue weighted by molar-refractivity contribution is 5.77. The van der Waals surface area contributed by atoms with Crippen molar-refractivity contribution in [2.75, 3.05) is 0 Å². The molecule has 1 heterocycles. The van der Waals surface area contributed by atoms with Crippen LogP contribution < -0.4 is 10.5 Å². The molecule has 2 N–H and O–H groups in total. The molecule has 1 aromatic rings. The van der Waals surface area contributed by atoms with Crippen molar-refractivity contribution in [1.82, 2.24) is 4.98 Å². The van der Waals surface area contributed by atoms with E-state index in [4.69, 9.17) is 10.5 Å². The Labute approximate surface area is 82.1 Å². The zero-order valence-electron chi connectivity index (χ0n) is 7.77. The van der Waals surface area contributed by atoms with Crippen LogP contribution in [0.25, 0.3) is 0 Å². The molecule has 4 heteroatoms. The Morgan fingerprint density at radius 3 is 2.93 bits per heavy atom. The number of aromatic nitrogens is 1. The summed E-state index contributed by atoms with van der Waals surface area (Å²) in [5.74, 6) is 0.652. The molecule has 1 aliphatic carbocycles. The summed E-state index contributed by atoms with van der Waals surface area (Å²) in [6, 6.07) is 0. The Morgan fingerprint density at radius 1 is 1.57 bits per heavy atom. The van der Waals surface area contributed by atoms with Crippen molar-refractivity contribution in [2.24, 2.45) is 5.73 Å². The van der Waals surface area contributed by atoms with Crippen molar-refractivity contribution < 1.29 is 9.53 Å². The molecule has 0 saturated heterocycles. The van der Waals surface area contributed by atoms with Crippen LogP contribution in [0.1, 0.15) is 28.8 Å². The lowest BCUT2D eigenvalue weighted by Crippen LogP contribution is -2.07. The Balaban J connectivity index is 2.30. The van der Waals surface area contributed by atoms with Crippen molar-refractivity contribution >= 4 is 6.29 Å². The lowest BCUT2D eigenvalue weighted by Gasteiger charge is -2.09. The molecular weight excluding hydrogens is 180 g/mol. The summed E-state index contributed by atoms with van der Waals surface area (Å²) in [4.78, 5) is 14.6. The van der Waals surface area contributed by atoms with Gasteiger partial charge in [-0.25, -0.2) is 0 Å². The largest absolute Gasteiger partial charge is 0.488 e. The Kier molecular flexibility index (Phi) is 2.45. The predicted octanol–water partition coefficient (Wildman–Crippen LogP) is 0.894. The molecule has 1 aliphatic rings. The normalized spacial score (nSPS) is 15.2. The van der Waals surface area contributed by atoms with E-state index in [2.05, 4.69) is 4.98 Å². The summed E-state index contributed by atoms with van der Waals surface area (Å²) in [6.07, 6.45) is 6.34. The van der Waals surface area contributed by atoms with Gasteiger partial charge in [-0.1, -0.05) is 0 Å². The van der Waals surface area contributed by atoms with Crippen LogP contribution in [0.2, 0.25) is 0 Å². The van der Waals surface area contributed by atoms with Crippen LogP contribution in [-0.2, 0) is 6.54 Å². The molecule has 0 unspecified atom stereocenters. The zero-order valence-corrected chi connectivity index (χ0v) is 7.77. The third-order valence-corrected chi connectivity index (χ3v) is 2.20. The summed E-state index contributed by atoms with van der Waals surface area (Å²) < 4.78 is 5.59. The van der Waals surface area contributed by atoms with E-state index in [1.54, 1.807) is 6.20 Å². The Bertz CT molecular complexity index is 348. The highest BCUT2D eigenvalue weighted by Gasteiger charge is 2.25. The minimum atomic E-state index is 0.295. The highest BCUT2D eigenvalue weighted by atomic mass is 16.5. The minimum absolute atomic E-state index is 0.295. The molecule has 1 aromatic heterocycles. The number of rotatable bonds is 4. The molecule has 0 amide bonds. The first-order chi connectivity index (χ1) is 6.85. The van der Waals surface area contributed by atoms with Crippen molar-refractivity contribution in [3.8, 4) is 5.75 Å². The van der Waals surface area contributed by atoms with Crippen molar-refractivity contribution in [2.45, 2.75) is 25.5 Å². The summed E-state index contributed by atoms with van der Waals surface area (Å²) in [7, 11) is 0. The van der Waals surface area contributed by atoms with E-state index in [-0.39, 0.29) is 0 Å². The molecule has 0 radical (unpaired) electrons. The second-order valence-corrected chi connectivity index (χ2v) is 3.34. The highest BCUT2D eigenvalue weighted by Crippen LogP contribution is 2.29. The van der Waals surface area contributed by atoms with Gasteiger partial charge in [0, 0.05) is 23.9 Å². The number of carbonyl (C=O) groups excluding carboxylic acids is 1. The van der Waals surface area contributed by atoms with E-state index in [0.717, 1.165) is 24.7 Å². The number of nitrogens with two attached hydrogens (primary N) is 1. The SMILES string of the molecule is NCc1c(C=O)cncc1OC1CC1. The summed E-state index contributed by atoms with van der Waals surface area (Å²) in [5, 5.41) is 0. The van der Waals surface area contributed by atoms with Crippen LogP contribution in [-0.4, -0.2) is 17.4 Å². The van der Waals surface area contributed by atoms with Crippen molar-refractivity contribution in [1.29, 1.82) is 0 Å². The van der Waals surface area contributed by atoms with Crippen LogP contribution in [0.15, 0.2) is 12.4 Å². The van der Waals surface area contributed by atoms with Gasteiger partial charge in [0.25, 0.3) is 0 Å². The molecule has 14 heavy (non-hydrogen) atoms.